The minimum atomic E-state index is -0.731. The summed E-state index contributed by atoms with van der Waals surface area (Å²) in [6.07, 6.45) is 0.864. The predicted molar refractivity (Wildman–Crippen MR) is 124 cm³/mol. The summed E-state index contributed by atoms with van der Waals surface area (Å²) >= 11 is 6.11. The van der Waals surface area contributed by atoms with Crippen molar-refractivity contribution in [1.29, 1.82) is 0 Å². The number of benzene rings is 2. The highest BCUT2D eigenvalue weighted by atomic mass is 35.5. The zero-order chi connectivity index (χ0) is 23.4. The number of Topliss-reactive ketones (excluding diaryl/α,β-unsaturated/α-hetero) is 1. The lowest BCUT2D eigenvalue weighted by Gasteiger charge is -2.26. The maximum absolute atomic E-state index is 13.0. The molecule has 0 aromatic heterocycles. The lowest BCUT2D eigenvalue weighted by Crippen LogP contribution is -2.33. The highest BCUT2D eigenvalue weighted by Crippen LogP contribution is 2.40. The summed E-state index contributed by atoms with van der Waals surface area (Å²) in [6.45, 7) is 6.37. The number of nitrogens with zero attached hydrogens (tertiary/aromatic N) is 1. The summed E-state index contributed by atoms with van der Waals surface area (Å²) < 4.78 is 10.9. The van der Waals surface area contributed by atoms with E-state index in [1.54, 1.807) is 18.2 Å². The second kappa shape index (κ2) is 10.2. The summed E-state index contributed by atoms with van der Waals surface area (Å²) in [7, 11) is 1.47. The third-order valence-corrected chi connectivity index (χ3v) is 5.76. The lowest BCUT2D eigenvalue weighted by atomic mass is 9.94. The van der Waals surface area contributed by atoms with Gasteiger partial charge in [0.1, 0.15) is 11.5 Å². The number of aryl methyl sites for hydroxylation is 1. The Morgan fingerprint density at radius 1 is 1.16 bits per heavy atom. The number of ether oxygens (including phenoxy) is 2. The van der Waals surface area contributed by atoms with Gasteiger partial charge in [-0.3, -0.25) is 9.59 Å². The van der Waals surface area contributed by atoms with Gasteiger partial charge in [0, 0.05) is 12.1 Å². The first kappa shape index (κ1) is 23.8. The monoisotopic (exact) mass is 457 g/mol. The summed E-state index contributed by atoms with van der Waals surface area (Å²) in [4.78, 5) is 27.5. The number of methoxy groups -OCH3 is 1. The van der Waals surface area contributed by atoms with Crippen molar-refractivity contribution in [1.82, 2.24) is 4.90 Å². The van der Waals surface area contributed by atoms with E-state index in [2.05, 4.69) is 6.92 Å². The van der Waals surface area contributed by atoms with E-state index < -0.39 is 17.7 Å². The Bertz CT molecular complexity index is 1030. The fraction of sp³-hybridized carbons (Fsp3) is 0.360. The van der Waals surface area contributed by atoms with Gasteiger partial charge in [-0.1, -0.05) is 42.8 Å². The summed E-state index contributed by atoms with van der Waals surface area (Å²) in [5.74, 6) is -1.30. The zero-order valence-electron chi connectivity index (χ0n) is 18.7. The number of aliphatic hydroxyl groups is 1. The van der Waals surface area contributed by atoms with Crippen molar-refractivity contribution in [3.8, 4) is 5.75 Å². The molecule has 6 nitrogen and oxygen atoms in total. The topological polar surface area (TPSA) is 76.1 Å². The van der Waals surface area contributed by atoms with E-state index in [1.165, 1.54) is 12.0 Å². The Morgan fingerprint density at radius 2 is 1.84 bits per heavy atom. The fourth-order valence-corrected chi connectivity index (χ4v) is 3.94. The minimum Gasteiger partial charge on any atom is -0.507 e. The molecule has 1 N–H and O–H groups in total. The molecular formula is C25H28ClNO5. The second-order valence-electron chi connectivity index (χ2n) is 7.86. The van der Waals surface area contributed by atoms with Gasteiger partial charge >= 0.3 is 0 Å². The molecule has 1 aliphatic rings. The Labute approximate surface area is 193 Å². The molecule has 2 aromatic rings. The van der Waals surface area contributed by atoms with Crippen LogP contribution in [0.5, 0.6) is 5.75 Å². The normalized spacial score (nSPS) is 17.9. The number of likely N-dealkylation sites (tertiary alicyclic amines) is 1. The number of carbonyl (C=O) groups excluding carboxylic acids is 2. The van der Waals surface area contributed by atoms with Gasteiger partial charge in [0.15, 0.2) is 0 Å². The highest BCUT2D eigenvalue weighted by molar-refractivity contribution is 6.46. The number of carbonyl (C=O) groups is 2. The van der Waals surface area contributed by atoms with Gasteiger partial charge in [0.2, 0.25) is 0 Å². The second-order valence-corrected chi connectivity index (χ2v) is 8.26. The first-order valence-electron chi connectivity index (χ1n) is 10.6. The van der Waals surface area contributed by atoms with E-state index in [4.69, 9.17) is 21.1 Å². The molecule has 0 aliphatic carbocycles. The van der Waals surface area contributed by atoms with Gasteiger partial charge in [-0.2, -0.15) is 0 Å². The Balaban J connectivity index is 2.11. The van der Waals surface area contributed by atoms with Crippen LogP contribution in [0.25, 0.3) is 5.76 Å². The number of hydrogen-bond acceptors (Lipinski definition) is 5. The van der Waals surface area contributed by atoms with Crippen LogP contribution in [0.1, 0.15) is 43.5 Å². The van der Waals surface area contributed by atoms with Gasteiger partial charge in [-0.15, -0.1) is 0 Å². The maximum Gasteiger partial charge on any atom is 0.295 e. The van der Waals surface area contributed by atoms with Crippen LogP contribution in [0.3, 0.4) is 0 Å². The average Bonchev–Trinajstić information content (AvgIpc) is 3.03. The smallest absolute Gasteiger partial charge is 0.295 e. The molecule has 1 atom stereocenters. The molecule has 1 saturated heterocycles. The van der Waals surface area contributed by atoms with Gasteiger partial charge < -0.3 is 19.5 Å². The van der Waals surface area contributed by atoms with Crippen molar-refractivity contribution in [2.45, 2.75) is 39.3 Å². The molecule has 32 heavy (non-hydrogen) atoms. The summed E-state index contributed by atoms with van der Waals surface area (Å²) in [5.41, 5.74) is 2.26. The molecule has 170 valence electrons. The molecule has 1 fully saturated rings. The van der Waals surface area contributed by atoms with Crippen LogP contribution in [-0.2, 0) is 20.7 Å². The number of halogens is 1. The molecule has 1 amide bonds. The Morgan fingerprint density at radius 3 is 2.44 bits per heavy atom. The molecule has 2 aromatic carbocycles. The molecule has 7 heteroatoms. The van der Waals surface area contributed by atoms with E-state index in [-0.39, 0.29) is 30.6 Å². The standard InChI is InChI=1S/C25H28ClNO5/c1-5-16-6-8-17(9-7-16)22-21(23(28)18-10-11-19(26)20(14-18)31-4)24(29)25(30)27(22)12-13-32-15(2)3/h6-11,14-15,22,28H,5,12-13H2,1-4H3/b23-21-. The molecule has 0 spiro atoms. The lowest BCUT2D eigenvalue weighted by molar-refractivity contribution is -0.140. The van der Waals surface area contributed by atoms with E-state index in [9.17, 15) is 14.7 Å². The Kier molecular flexibility index (Phi) is 7.59. The summed E-state index contributed by atoms with van der Waals surface area (Å²) in [5, 5.41) is 11.5. The van der Waals surface area contributed by atoms with Gasteiger partial charge in [0.05, 0.1) is 36.5 Å². The molecule has 0 radical (unpaired) electrons. The van der Waals surface area contributed by atoms with Crippen molar-refractivity contribution in [3.05, 3.63) is 69.8 Å². The van der Waals surface area contributed by atoms with Crippen molar-refractivity contribution >= 4 is 29.1 Å². The highest BCUT2D eigenvalue weighted by Gasteiger charge is 2.45. The number of ketones is 1. The maximum atomic E-state index is 13.0. The first-order chi connectivity index (χ1) is 15.3. The molecule has 3 rings (SSSR count). The quantitative estimate of drug-likeness (QED) is 0.351. The number of hydrogen-bond donors (Lipinski definition) is 1. The fourth-order valence-electron chi connectivity index (χ4n) is 3.74. The van der Waals surface area contributed by atoms with Crippen LogP contribution in [0.4, 0.5) is 0 Å². The third-order valence-electron chi connectivity index (χ3n) is 5.45. The Hall–Kier alpha value is -2.83. The van der Waals surface area contributed by atoms with Crippen LogP contribution >= 0.6 is 11.6 Å². The molecular weight excluding hydrogens is 430 g/mol. The predicted octanol–water partition coefficient (Wildman–Crippen LogP) is 4.76. The largest absolute Gasteiger partial charge is 0.507 e. The SMILES string of the molecule is CCc1ccc(C2/C(=C(/O)c3ccc(Cl)c(OC)c3)C(=O)C(=O)N2CCOC(C)C)cc1. The van der Waals surface area contributed by atoms with Crippen LogP contribution in [0.15, 0.2) is 48.0 Å². The van der Waals surface area contributed by atoms with E-state index in [0.717, 1.165) is 17.5 Å². The van der Waals surface area contributed by atoms with Crippen molar-refractivity contribution in [3.63, 3.8) is 0 Å². The van der Waals surface area contributed by atoms with Crippen LogP contribution < -0.4 is 4.74 Å². The van der Waals surface area contributed by atoms with E-state index >= 15 is 0 Å². The zero-order valence-corrected chi connectivity index (χ0v) is 19.5. The van der Waals surface area contributed by atoms with E-state index in [1.807, 2.05) is 38.1 Å². The molecule has 1 heterocycles. The van der Waals surface area contributed by atoms with Crippen molar-refractivity contribution < 1.29 is 24.2 Å². The number of amides is 1. The average molecular weight is 458 g/mol. The number of aliphatic hydroxyl groups excluding tert-OH is 1. The number of rotatable bonds is 8. The van der Waals surface area contributed by atoms with Crippen LogP contribution in [-0.4, -0.2) is 48.1 Å². The van der Waals surface area contributed by atoms with Crippen molar-refractivity contribution in [2.75, 3.05) is 20.3 Å². The summed E-state index contributed by atoms with van der Waals surface area (Å²) in [6, 6.07) is 11.7. The van der Waals surface area contributed by atoms with Gasteiger partial charge in [0.25, 0.3) is 11.7 Å². The molecule has 0 bridgehead atoms. The third kappa shape index (κ3) is 4.81. The van der Waals surface area contributed by atoms with Crippen molar-refractivity contribution in [2.24, 2.45) is 0 Å². The molecule has 0 saturated carbocycles. The molecule has 1 unspecified atom stereocenters. The van der Waals surface area contributed by atoms with Gasteiger partial charge in [-0.05, 0) is 49.6 Å². The molecule has 1 aliphatic heterocycles. The first-order valence-corrected chi connectivity index (χ1v) is 11.0. The minimum absolute atomic E-state index is 0.00404. The van der Waals surface area contributed by atoms with Gasteiger partial charge in [-0.25, -0.2) is 0 Å². The van der Waals surface area contributed by atoms with Crippen LogP contribution in [0, 0.1) is 0 Å². The van der Waals surface area contributed by atoms with E-state index in [0.29, 0.717) is 16.3 Å². The van der Waals surface area contributed by atoms with Crippen LogP contribution in [0.2, 0.25) is 5.02 Å².